The Balaban J connectivity index is 1.97. The Morgan fingerprint density at radius 1 is 1.14 bits per heavy atom. The Morgan fingerprint density at radius 2 is 1.95 bits per heavy atom. The molecule has 0 radical (unpaired) electrons. The van der Waals surface area contributed by atoms with Gasteiger partial charge in [-0.2, -0.15) is 0 Å². The van der Waals surface area contributed by atoms with E-state index < -0.39 is 0 Å². The predicted molar refractivity (Wildman–Crippen MR) is 91.6 cm³/mol. The molecule has 0 unspecified atom stereocenters. The zero-order valence-corrected chi connectivity index (χ0v) is 14.4. The van der Waals surface area contributed by atoms with E-state index in [1.807, 2.05) is 12.1 Å². The van der Waals surface area contributed by atoms with E-state index in [9.17, 15) is 0 Å². The molecule has 2 nitrogen and oxygen atoms in total. The number of benzene rings is 2. The molecular weight excluding hydrogens is 326 g/mol. The molecule has 0 saturated heterocycles. The lowest BCUT2D eigenvalue weighted by molar-refractivity contribution is 0.305. The van der Waals surface area contributed by atoms with Crippen molar-refractivity contribution in [2.45, 2.75) is 40.0 Å². The van der Waals surface area contributed by atoms with E-state index in [4.69, 9.17) is 4.74 Å². The summed E-state index contributed by atoms with van der Waals surface area (Å²) in [5.74, 6) is 0.910. The third-order valence-corrected chi connectivity index (χ3v) is 3.95. The molecule has 0 aliphatic carbocycles. The number of rotatable bonds is 6. The molecule has 2 aromatic carbocycles. The van der Waals surface area contributed by atoms with Gasteiger partial charge in [-0.1, -0.05) is 54.0 Å². The highest BCUT2D eigenvalue weighted by atomic mass is 79.9. The summed E-state index contributed by atoms with van der Waals surface area (Å²) < 4.78 is 6.94. The molecule has 0 aliphatic rings. The van der Waals surface area contributed by atoms with Crippen LogP contribution in [0.3, 0.4) is 0 Å². The first kappa shape index (κ1) is 16.1. The number of aryl methyl sites for hydroxylation is 1. The van der Waals surface area contributed by atoms with Crippen LogP contribution in [-0.2, 0) is 13.2 Å². The Hall–Kier alpha value is -1.32. The minimum Gasteiger partial charge on any atom is -0.489 e. The molecule has 0 fully saturated rings. The van der Waals surface area contributed by atoms with Gasteiger partial charge >= 0.3 is 0 Å². The number of hydrogen-bond donors (Lipinski definition) is 1. The quantitative estimate of drug-likeness (QED) is 0.807. The van der Waals surface area contributed by atoms with Crippen LogP contribution in [0.5, 0.6) is 5.75 Å². The molecule has 0 saturated carbocycles. The van der Waals surface area contributed by atoms with Crippen molar-refractivity contribution in [3.05, 3.63) is 63.6 Å². The maximum absolute atomic E-state index is 5.85. The minimum absolute atomic E-state index is 0.494. The molecule has 2 rings (SSSR count). The van der Waals surface area contributed by atoms with Crippen LogP contribution in [0.2, 0.25) is 0 Å². The van der Waals surface area contributed by atoms with Gasteiger partial charge in [0.1, 0.15) is 12.4 Å². The first-order valence-electron chi connectivity index (χ1n) is 7.25. The summed E-state index contributed by atoms with van der Waals surface area (Å²) in [6.45, 7) is 7.83. The third-order valence-electron chi connectivity index (χ3n) is 3.22. The second kappa shape index (κ2) is 7.62. The lowest BCUT2D eigenvalue weighted by atomic mass is 10.1. The van der Waals surface area contributed by atoms with Gasteiger partial charge in [0.25, 0.3) is 0 Å². The number of ether oxygens (including phenoxy) is 1. The highest BCUT2D eigenvalue weighted by Crippen LogP contribution is 2.21. The molecule has 0 spiro atoms. The van der Waals surface area contributed by atoms with E-state index in [1.54, 1.807) is 0 Å². The van der Waals surface area contributed by atoms with Gasteiger partial charge in [-0.3, -0.25) is 0 Å². The fourth-order valence-corrected chi connectivity index (χ4v) is 2.55. The Morgan fingerprint density at radius 3 is 2.62 bits per heavy atom. The number of hydrogen-bond acceptors (Lipinski definition) is 2. The average Bonchev–Trinajstić information content (AvgIpc) is 2.44. The highest BCUT2D eigenvalue weighted by molar-refractivity contribution is 9.10. The van der Waals surface area contributed by atoms with Crippen molar-refractivity contribution in [3.63, 3.8) is 0 Å². The highest BCUT2D eigenvalue weighted by Gasteiger charge is 2.04. The summed E-state index contributed by atoms with van der Waals surface area (Å²) in [5, 5.41) is 3.42. The van der Waals surface area contributed by atoms with Crippen molar-refractivity contribution >= 4 is 15.9 Å². The topological polar surface area (TPSA) is 21.3 Å². The van der Waals surface area contributed by atoms with Crippen molar-refractivity contribution in [1.29, 1.82) is 0 Å². The lowest BCUT2D eigenvalue weighted by Crippen LogP contribution is -2.21. The van der Waals surface area contributed by atoms with Crippen molar-refractivity contribution in [2.24, 2.45) is 0 Å². The van der Waals surface area contributed by atoms with Crippen LogP contribution in [0.25, 0.3) is 0 Å². The zero-order valence-electron chi connectivity index (χ0n) is 12.8. The van der Waals surface area contributed by atoms with Crippen LogP contribution < -0.4 is 10.1 Å². The van der Waals surface area contributed by atoms with Gasteiger partial charge in [0.15, 0.2) is 0 Å². The smallest absolute Gasteiger partial charge is 0.120 e. The molecular formula is C18H22BrNO. The minimum atomic E-state index is 0.494. The number of nitrogens with one attached hydrogen (secondary N) is 1. The normalized spacial score (nSPS) is 10.9. The van der Waals surface area contributed by atoms with Crippen molar-refractivity contribution in [3.8, 4) is 5.75 Å². The summed E-state index contributed by atoms with van der Waals surface area (Å²) in [6, 6.07) is 15.0. The molecule has 0 heterocycles. The molecule has 0 amide bonds. The molecule has 21 heavy (non-hydrogen) atoms. The molecule has 0 bridgehead atoms. The molecule has 3 heteroatoms. The monoisotopic (exact) mass is 347 g/mol. The second-order valence-corrected chi connectivity index (χ2v) is 6.42. The van der Waals surface area contributed by atoms with Gasteiger partial charge in [-0.15, -0.1) is 0 Å². The van der Waals surface area contributed by atoms with E-state index in [0.29, 0.717) is 12.6 Å². The summed E-state index contributed by atoms with van der Waals surface area (Å²) in [4.78, 5) is 0. The van der Waals surface area contributed by atoms with Crippen molar-refractivity contribution < 1.29 is 4.74 Å². The van der Waals surface area contributed by atoms with Crippen molar-refractivity contribution in [1.82, 2.24) is 5.32 Å². The van der Waals surface area contributed by atoms with Crippen LogP contribution >= 0.6 is 15.9 Å². The Kier molecular flexibility index (Phi) is 5.83. The molecule has 112 valence electrons. The van der Waals surface area contributed by atoms with Crippen molar-refractivity contribution in [2.75, 3.05) is 0 Å². The Bertz CT molecular complexity index is 596. The van der Waals surface area contributed by atoms with E-state index in [-0.39, 0.29) is 0 Å². The second-order valence-electron chi connectivity index (χ2n) is 5.57. The zero-order chi connectivity index (χ0) is 15.2. The van der Waals surface area contributed by atoms with E-state index >= 15 is 0 Å². The number of halogens is 1. The van der Waals surface area contributed by atoms with E-state index in [1.165, 1.54) is 11.1 Å². The molecule has 0 aliphatic heterocycles. The van der Waals surface area contributed by atoms with E-state index in [2.05, 4.69) is 72.3 Å². The van der Waals surface area contributed by atoms with Crippen LogP contribution in [0.1, 0.15) is 30.5 Å². The van der Waals surface area contributed by atoms with Crippen LogP contribution in [0, 0.1) is 6.92 Å². The van der Waals surface area contributed by atoms with Gasteiger partial charge in [0, 0.05) is 22.6 Å². The molecule has 1 N–H and O–H groups in total. The summed E-state index contributed by atoms with van der Waals surface area (Å²) in [5.41, 5.74) is 3.64. The van der Waals surface area contributed by atoms with Crippen LogP contribution in [-0.4, -0.2) is 6.04 Å². The van der Waals surface area contributed by atoms with Gasteiger partial charge in [0.2, 0.25) is 0 Å². The fraction of sp³-hybridized carbons (Fsp3) is 0.333. The molecule has 0 aromatic heterocycles. The molecule has 2 aromatic rings. The van der Waals surface area contributed by atoms with Gasteiger partial charge in [-0.05, 0) is 36.2 Å². The maximum Gasteiger partial charge on any atom is 0.120 e. The average molecular weight is 348 g/mol. The van der Waals surface area contributed by atoms with Crippen LogP contribution in [0.4, 0.5) is 0 Å². The summed E-state index contributed by atoms with van der Waals surface area (Å²) >= 11 is 3.63. The first-order valence-corrected chi connectivity index (χ1v) is 8.04. The van der Waals surface area contributed by atoms with Gasteiger partial charge < -0.3 is 10.1 Å². The first-order chi connectivity index (χ1) is 10.0. The molecule has 0 atom stereocenters. The standard InChI is InChI=1S/C18H22BrNO/c1-13(2)20-11-15-7-8-16(18(19)10-15)12-21-17-6-4-5-14(3)9-17/h4-10,13,20H,11-12H2,1-3H3. The van der Waals surface area contributed by atoms with Gasteiger partial charge in [0.05, 0.1) is 0 Å². The third kappa shape index (κ3) is 5.18. The van der Waals surface area contributed by atoms with Crippen LogP contribution in [0.15, 0.2) is 46.9 Å². The van der Waals surface area contributed by atoms with E-state index in [0.717, 1.165) is 22.3 Å². The largest absolute Gasteiger partial charge is 0.489 e. The SMILES string of the molecule is Cc1cccc(OCc2ccc(CNC(C)C)cc2Br)c1. The maximum atomic E-state index is 5.85. The lowest BCUT2D eigenvalue weighted by Gasteiger charge is -2.12. The summed E-state index contributed by atoms with van der Waals surface area (Å²) in [6.07, 6.45) is 0. The summed E-state index contributed by atoms with van der Waals surface area (Å²) in [7, 11) is 0. The Labute approximate surface area is 135 Å². The van der Waals surface area contributed by atoms with Gasteiger partial charge in [-0.25, -0.2) is 0 Å². The fourth-order valence-electron chi connectivity index (χ4n) is 2.01. The predicted octanol–water partition coefficient (Wildman–Crippen LogP) is 4.83.